The van der Waals surface area contributed by atoms with Crippen molar-refractivity contribution in [2.24, 2.45) is 0 Å². The first-order valence-electron chi connectivity index (χ1n) is 9.77. The zero-order chi connectivity index (χ0) is 19.8. The fraction of sp³-hybridized carbons (Fsp3) is 0. The summed E-state index contributed by atoms with van der Waals surface area (Å²) in [6, 6.07) is 29.2. The number of imidazole rings is 2. The van der Waals surface area contributed by atoms with E-state index in [2.05, 4.69) is 91.6 Å². The Morgan fingerprint density at radius 1 is 0.700 bits per heavy atom. The van der Waals surface area contributed by atoms with E-state index in [1.165, 1.54) is 0 Å². The minimum Gasteiger partial charge on any atom is -0.456 e. The summed E-state index contributed by atoms with van der Waals surface area (Å²) < 4.78 is 11.5. The number of aromatic nitrogens is 3. The standard InChI is InChI=1S/C25H14BrN3O/c26-15-9-11-20-19(13-15)27-25-28(21-6-2-3-7-22(21)29(20)25)16-10-12-24-18(14-16)17-5-1-4-8-23(17)30-24/h1-14H. The Hall–Kier alpha value is -3.57. The highest BCUT2D eigenvalue weighted by Crippen LogP contribution is 2.34. The number of benzene rings is 4. The summed E-state index contributed by atoms with van der Waals surface area (Å²) in [5.41, 5.74) is 7.18. The van der Waals surface area contributed by atoms with Crippen LogP contribution in [0.3, 0.4) is 0 Å². The van der Waals surface area contributed by atoms with Crippen LogP contribution in [0.4, 0.5) is 0 Å². The van der Waals surface area contributed by atoms with Crippen LogP contribution in [-0.4, -0.2) is 14.0 Å². The summed E-state index contributed by atoms with van der Waals surface area (Å²) in [5, 5.41) is 2.23. The van der Waals surface area contributed by atoms with Crippen molar-refractivity contribution in [3.05, 3.63) is 89.4 Å². The van der Waals surface area contributed by atoms with E-state index < -0.39 is 0 Å². The maximum absolute atomic E-state index is 6.03. The molecule has 142 valence electrons. The Labute approximate surface area is 179 Å². The molecule has 5 heteroatoms. The lowest BCUT2D eigenvalue weighted by molar-refractivity contribution is 0.669. The predicted molar refractivity (Wildman–Crippen MR) is 125 cm³/mol. The quantitative estimate of drug-likeness (QED) is 0.267. The fourth-order valence-corrected chi connectivity index (χ4v) is 4.83. The number of rotatable bonds is 1. The third kappa shape index (κ3) is 2.07. The van der Waals surface area contributed by atoms with Crippen LogP contribution in [0.1, 0.15) is 0 Å². The van der Waals surface area contributed by atoms with Crippen LogP contribution < -0.4 is 0 Å². The molecule has 0 saturated carbocycles. The van der Waals surface area contributed by atoms with Gasteiger partial charge in [-0.2, -0.15) is 0 Å². The molecule has 0 spiro atoms. The smallest absolute Gasteiger partial charge is 0.220 e. The van der Waals surface area contributed by atoms with Gasteiger partial charge in [0.2, 0.25) is 5.78 Å². The zero-order valence-corrected chi connectivity index (χ0v) is 17.3. The van der Waals surface area contributed by atoms with E-state index in [9.17, 15) is 0 Å². The van der Waals surface area contributed by atoms with Crippen LogP contribution in [0.15, 0.2) is 93.8 Å². The molecule has 0 radical (unpaired) electrons. The number of nitrogens with zero attached hydrogens (tertiary/aromatic N) is 3. The molecule has 3 aromatic heterocycles. The highest BCUT2D eigenvalue weighted by molar-refractivity contribution is 9.10. The maximum atomic E-state index is 6.03. The van der Waals surface area contributed by atoms with Gasteiger partial charge in [0.25, 0.3) is 0 Å². The summed E-state index contributed by atoms with van der Waals surface area (Å²) in [7, 11) is 0. The second-order valence-corrected chi connectivity index (χ2v) is 8.40. The SMILES string of the molecule is Brc1ccc2c(c1)nc1n(-c3ccc4oc5ccccc5c4c3)c3ccccc3n21. The predicted octanol–water partition coefficient (Wildman–Crippen LogP) is 7.09. The third-order valence-corrected chi connectivity index (χ3v) is 6.27. The van der Waals surface area contributed by atoms with Crippen molar-refractivity contribution < 1.29 is 4.42 Å². The van der Waals surface area contributed by atoms with Gasteiger partial charge in [0.15, 0.2) is 0 Å². The summed E-state index contributed by atoms with van der Waals surface area (Å²) in [5.74, 6) is 0.899. The number of fused-ring (bicyclic) bond motifs is 8. The monoisotopic (exact) mass is 451 g/mol. The molecule has 0 fully saturated rings. The highest BCUT2D eigenvalue weighted by Gasteiger charge is 2.18. The van der Waals surface area contributed by atoms with Crippen molar-refractivity contribution in [2.45, 2.75) is 0 Å². The van der Waals surface area contributed by atoms with Gasteiger partial charge in [-0.1, -0.05) is 46.3 Å². The van der Waals surface area contributed by atoms with Crippen molar-refractivity contribution in [3.8, 4) is 5.69 Å². The molecule has 7 rings (SSSR count). The summed E-state index contributed by atoms with van der Waals surface area (Å²) in [4.78, 5) is 4.99. The van der Waals surface area contributed by atoms with Crippen molar-refractivity contribution in [1.29, 1.82) is 0 Å². The van der Waals surface area contributed by atoms with E-state index in [1.807, 2.05) is 18.2 Å². The van der Waals surface area contributed by atoms with Gasteiger partial charge in [-0.05, 0) is 54.6 Å². The van der Waals surface area contributed by atoms with E-state index in [0.29, 0.717) is 0 Å². The Bertz CT molecular complexity index is 1770. The Balaban J connectivity index is 1.64. The first-order chi connectivity index (χ1) is 14.8. The maximum Gasteiger partial charge on any atom is 0.220 e. The van der Waals surface area contributed by atoms with Crippen molar-refractivity contribution in [1.82, 2.24) is 14.0 Å². The van der Waals surface area contributed by atoms with Gasteiger partial charge >= 0.3 is 0 Å². The van der Waals surface area contributed by atoms with Crippen molar-refractivity contribution in [3.63, 3.8) is 0 Å². The number of halogens is 1. The summed E-state index contributed by atoms with van der Waals surface area (Å²) in [6.07, 6.45) is 0. The average Bonchev–Trinajstić information content (AvgIpc) is 3.41. The molecule has 0 aliphatic rings. The first kappa shape index (κ1) is 16.3. The lowest BCUT2D eigenvalue weighted by atomic mass is 10.1. The topological polar surface area (TPSA) is 35.4 Å². The van der Waals surface area contributed by atoms with Gasteiger partial charge in [-0.15, -0.1) is 0 Å². The van der Waals surface area contributed by atoms with Crippen LogP contribution in [-0.2, 0) is 0 Å². The minimum atomic E-state index is 0.893. The van der Waals surface area contributed by atoms with Crippen LogP contribution in [0.2, 0.25) is 0 Å². The molecule has 0 saturated heterocycles. The first-order valence-corrected chi connectivity index (χ1v) is 10.6. The molecule has 0 aliphatic carbocycles. The number of hydrogen-bond acceptors (Lipinski definition) is 2. The third-order valence-electron chi connectivity index (χ3n) is 5.78. The van der Waals surface area contributed by atoms with Gasteiger partial charge in [0, 0.05) is 15.2 Å². The van der Waals surface area contributed by atoms with Gasteiger partial charge in [0.1, 0.15) is 11.2 Å². The normalized spacial score (nSPS) is 12.2. The largest absolute Gasteiger partial charge is 0.456 e. The molecule has 0 atom stereocenters. The van der Waals surface area contributed by atoms with Gasteiger partial charge < -0.3 is 4.42 Å². The second-order valence-electron chi connectivity index (χ2n) is 7.48. The lowest BCUT2D eigenvalue weighted by Crippen LogP contribution is -1.94. The molecule has 30 heavy (non-hydrogen) atoms. The van der Waals surface area contributed by atoms with E-state index in [1.54, 1.807) is 0 Å². The van der Waals surface area contributed by atoms with E-state index in [0.717, 1.165) is 59.9 Å². The van der Waals surface area contributed by atoms with Crippen LogP contribution in [0, 0.1) is 0 Å². The molecule has 0 unspecified atom stereocenters. The molecule has 0 aliphatic heterocycles. The molecule has 0 N–H and O–H groups in total. The average molecular weight is 452 g/mol. The highest BCUT2D eigenvalue weighted by atomic mass is 79.9. The Morgan fingerprint density at radius 2 is 1.50 bits per heavy atom. The van der Waals surface area contributed by atoms with Crippen LogP contribution in [0.25, 0.3) is 55.5 Å². The van der Waals surface area contributed by atoms with E-state index in [4.69, 9.17) is 9.40 Å². The molecule has 4 nitrogen and oxygen atoms in total. The second kappa shape index (κ2) is 5.74. The zero-order valence-electron chi connectivity index (χ0n) is 15.7. The van der Waals surface area contributed by atoms with E-state index in [-0.39, 0.29) is 0 Å². The summed E-state index contributed by atoms with van der Waals surface area (Å²) >= 11 is 3.57. The number of para-hydroxylation sites is 3. The van der Waals surface area contributed by atoms with Crippen molar-refractivity contribution in [2.75, 3.05) is 0 Å². The fourth-order valence-electron chi connectivity index (χ4n) is 4.49. The van der Waals surface area contributed by atoms with Gasteiger partial charge in [0.05, 0.1) is 27.8 Å². The molecule has 4 aromatic carbocycles. The Morgan fingerprint density at radius 3 is 2.43 bits per heavy atom. The molecular formula is C25H14BrN3O. The van der Waals surface area contributed by atoms with Crippen LogP contribution >= 0.6 is 15.9 Å². The molecular weight excluding hydrogens is 438 g/mol. The minimum absolute atomic E-state index is 0.893. The molecule has 0 bridgehead atoms. The van der Waals surface area contributed by atoms with Gasteiger partial charge in [-0.3, -0.25) is 8.97 Å². The van der Waals surface area contributed by atoms with Crippen LogP contribution in [0.5, 0.6) is 0 Å². The van der Waals surface area contributed by atoms with E-state index >= 15 is 0 Å². The summed E-state index contributed by atoms with van der Waals surface area (Å²) in [6.45, 7) is 0. The molecule has 3 heterocycles. The number of hydrogen-bond donors (Lipinski definition) is 0. The molecule has 7 aromatic rings. The number of furan rings is 1. The van der Waals surface area contributed by atoms with Gasteiger partial charge in [-0.25, -0.2) is 4.98 Å². The van der Waals surface area contributed by atoms with Crippen molar-refractivity contribution >= 4 is 65.7 Å². The Kier molecular flexibility index (Phi) is 3.11. The molecule has 0 amide bonds. The lowest BCUT2D eigenvalue weighted by Gasteiger charge is -2.05.